The number of nitrogens with zero attached hydrogens (tertiary/aromatic N) is 5. The second-order valence-corrected chi connectivity index (χ2v) is 6.09. The quantitative estimate of drug-likeness (QED) is 0.745. The van der Waals surface area contributed by atoms with Gasteiger partial charge in [-0.15, -0.1) is 5.10 Å². The zero-order valence-electron chi connectivity index (χ0n) is 11.3. The van der Waals surface area contributed by atoms with Crippen molar-refractivity contribution in [2.24, 2.45) is 0 Å². The summed E-state index contributed by atoms with van der Waals surface area (Å²) in [6.45, 7) is 0. The molecule has 2 N–H and O–H groups in total. The standard InChI is InChI=1S/C14H14N6S/c15-13-10(7-9-3-1-2-4-12(9)16-13)8-21-14-17-18-19-20(14)11-5-6-11/h1-4,7,11H,5-6,8H2,(H2,15,16). The highest BCUT2D eigenvalue weighted by atomic mass is 32.2. The summed E-state index contributed by atoms with van der Waals surface area (Å²) in [5, 5.41) is 13.9. The predicted molar refractivity (Wildman–Crippen MR) is 81.8 cm³/mol. The lowest BCUT2D eigenvalue weighted by Gasteiger charge is -2.07. The van der Waals surface area contributed by atoms with Crippen molar-refractivity contribution < 1.29 is 0 Å². The highest BCUT2D eigenvalue weighted by molar-refractivity contribution is 7.98. The van der Waals surface area contributed by atoms with Crippen LogP contribution in [0.5, 0.6) is 0 Å². The smallest absolute Gasteiger partial charge is 0.209 e. The number of fused-ring (bicyclic) bond motifs is 1. The lowest BCUT2D eigenvalue weighted by molar-refractivity contribution is 0.565. The molecule has 106 valence electrons. The fraction of sp³-hybridized carbons (Fsp3) is 0.286. The van der Waals surface area contributed by atoms with Crippen LogP contribution in [0, 0.1) is 0 Å². The third-order valence-electron chi connectivity index (χ3n) is 3.55. The van der Waals surface area contributed by atoms with Crippen molar-refractivity contribution in [3.63, 3.8) is 0 Å². The van der Waals surface area contributed by atoms with E-state index in [1.54, 1.807) is 11.8 Å². The molecular weight excluding hydrogens is 284 g/mol. The van der Waals surface area contributed by atoms with Crippen LogP contribution in [0.3, 0.4) is 0 Å². The summed E-state index contributed by atoms with van der Waals surface area (Å²) >= 11 is 1.60. The largest absolute Gasteiger partial charge is 0.383 e. The second-order valence-electron chi connectivity index (χ2n) is 5.15. The molecule has 0 unspecified atom stereocenters. The van der Waals surface area contributed by atoms with Crippen molar-refractivity contribution in [1.29, 1.82) is 0 Å². The molecule has 1 saturated carbocycles. The van der Waals surface area contributed by atoms with Crippen LogP contribution in [0.2, 0.25) is 0 Å². The Morgan fingerprint density at radius 1 is 1.29 bits per heavy atom. The lowest BCUT2D eigenvalue weighted by Crippen LogP contribution is -2.00. The van der Waals surface area contributed by atoms with E-state index in [4.69, 9.17) is 5.73 Å². The Kier molecular flexibility index (Phi) is 2.99. The van der Waals surface area contributed by atoms with Gasteiger partial charge in [0, 0.05) is 16.7 Å². The fourth-order valence-electron chi connectivity index (χ4n) is 2.26. The van der Waals surface area contributed by atoms with Gasteiger partial charge in [-0.25, -0.2) is 9.67 Å². The van der Waals surface area contributed by atoms with Crippen LogP contribution in [-0.4, -0.2) is 25.2 Å². The zero-order valence-corrected chi connectivity index (χ0v) is 12.1. The molecule has 0 radical (unpaired) electrons. The molecule has 2 aromatic heterocycles. The van der Waals surface area contributed by atoms with Crippen LogP contribution < -0.4 is 5.73 Å². The number of nitrogens with two attached hydrogens (primary N) is 1. The molecule has 0 saturated heterocycles. The number of benzene rings is 1. The van der Waals surface area contributed by atoms with Gasteiger partial charge >= 0.3 is 0 Å². The van der Waals surface area contributed by atoms with Gasteiger partial charge in [0.2, 0.25) is 5.16 Å². The number of hydrogen-bond acceptors (Lipinski definition) is 6. The Labute approximate surface area is 125 Å². The van der Waals surface area contributed by atoms with Crippen molar-refractivity contribution in [2.45, 2.75) is 29.8 Å². The minimum atomic E-state index is 0.481. The molecule has 2 heterocycles. The topological polar surface area (TPSA) is 82.5 Å². The molecule has 6 nitrogen and oxygen atoms in total. The van der Waals surface area contributed by atoms with E-state index >= 15 is 0 Å². The maximum atomic E-state index is 6.05. The first-order chi connectivity index (χ1) is 10.3. The van der Waals surface area contributed by atoms with Gasteiger partial charge in [0.1, 0.15) is 5.82 Å². The van der Waals surface area contributed by atoms with E-state index in [1.807, 2.05) is 28.9 Å². The SMILES string of the molecule is Nc1nc2ccccc2cc1CSc1nnnn1C1CC1. The summed E-state index contributed by atoms with van der Waals surface area (Å²) in [7, 11) is 0. The molecule has 0 spiro atoms. The van der Waals surface area contributed by atoms with Crippen molar-refractivity contribution in [3.8, 4) is 0 Å². The van der Waals surface area contributed by atoms with Gasteiger partial charge in [-0.3, -0.25) is 0 Å². The van der Waals surface area contributed by atoms with Gasteiger partial charge in [0.25, 0.3) is 0 Å². The summed E-state index contributed by atoms with van der Waals surface area (Å²) < 4.78 is 1.91. The number of tetrazole rings is 1. The van der Waals surface area contributed by atoms with E-state index in [-0.39, 0.29) is 0 Å². The summed E-state index contributed by atoms with van der Waals surface area (Å²) in [5.74, 6) is 1.29. The minimum absolute atomic E-state index is 0.481. The van der Waals surface area contributed by atoms with E-state index < -0.39 is 0 Å². The number of nitrogen functional groups attached to an aromatic ring is 1. The molecule has 3 aromatic rings. The molecule has 1 aromatic carbocycles. The molecule has 0 atom stereocenters. The monoisotopic (exact) mass is 298 g/mol. The Bertz CT molecular complexity index is 795. The lowest BCUT2D eigenvalue weighted by atomic mass is 10.1. The molecule has 1 fully saturated rings. The van der Waals surface area contributed by atoms with Crippen molar-refractivity contribution in [2.75, 3.05) is 5.73 Å². The average Bonchev–Trinajstić information content (AvgIpc) is 3.24. The normalized spacial score (nSPS) is 14.7. The Hall–Kier alpha value is -2.15. The van der Waals surface area contributed by atoms with Gasteiger partial charge in [-0.05, 0) is 35.4 Å². The Balaban J connectivity index is 1.59. The number of hydrogen-bond donors (Lipinski definition) is 1. The zero-order chi connectivity index (χ0) is 14.2. The van der Waals surface area contributed by atoms with E-state index in [1.165, 1.54) is 0 Å². The van der Waals surface area contributed by atoms with E-state index in [0.717, 1.165) is 40.2 Å². The van der Waals surface area contributed by atoms with Crippen LogP contribution in [0.15, 0.2) is 35.5 Å². The van der Waals surface area contributed by atoms with Gasteiger partial charge in [-0.1, -0.05) is 30.0 Å². The van der Waals surface area contributed by atoms with Gasteiger partial charge in [0.05, 0.1) is 11.6 Å². The molecule has 0 aliphatic heterocycles. The van der Waals surface area contributed by atoms with Gasteiger partial charge < -0.3 is 5.73 Å². The highest BCUT2D eigenvalue weighted by Crippen LogP contribution is 2.37. The van der Waals surface area contributed by atoms with E-state index in [9.17, 15) is 0 Å². The number of rotatable bonds is 4. The second kappa shape index (κ2) is 5.00. The van der Waals surface area contributed by atoms with Gasteiger partial charge in [-0.2, -0.15) is 0 Å². The maximum Gasteiger partial charge on any atom is 0.209 e. The van der Waals surface area contributed by atoms with Crippen molar-refractivity contribution >= 4 is 28.5 Å². The minimum Gasteiger partial charge on any atom is -0.383 e. The number of para-hydroxylation sites is 1. The molecular formula is C14H14N6S. The Morgan fingerprint density at radius 2 is 2.14 bits per heavy atom. The molecule has 0 amide bonds. The average molecular weight is 298 g/mol. The van der Waals surface area contributed by atoms with Crippen LogP contribution in [0.4, 0.5) is 5.82 Å². The van der Waals surface area contributed by atoms with Crippen LogP contribution in [0.25, 0.3) is 10.9 Å². The van der Waals surface area contributed by atoms with Crippen molar-refractivity contribution in [3.05, 3.63) is 35.9 Å². The summed E-state index contributed by atoms with van der Waals surface area (Å²) in [6.07, 6.45) is 2.33. The third kappa shape index (κ3) is 2.44. The van der Waals surface area contributed by atoms with Crippen LogP contribution in [0.1, 0.15) is 24.4 Å². The third-order valence-corrected chi connectivity index (χ3v) is 4.53. The molecule has 4 rings (SSSR count). The number of aromatic nitrogens is 5. The molecule has 1 aliphatic rings. The van der Waals surface area contributed by atoms with E-state index in [2.05, 4.69) is 26.6 Å². The Morgan fingerprint density at radius 3 is 3.00 bits per heavy atom. The summed E-state index contributed by atoms with van der Waals surface area (Å²) in [5.41, 5.74) is 7.99. The fourth-order valence-corrected chi connectivity index (χ4v) is 3.19. The summed E-state index contributed by atoms with van der Waals surface area (Å²) in [4.78, 5) is 4.45. The molecule has 0 bridgehead atoms. The summed E-state index contributed by atoms with van der Waals surface area (Å²) in [6, 6.07) is 10.6. The number of thioether (sulfide) groups is 1. The van der Waals surface area contributed by atoms with E-state index in [0.29, 0.717) is 11.9 Å². The first-order valence-corrected chi connectivity index (χ1v) is 7.84. The molecule has 7 heteroatoms. The number of anilines is 1. The predicted octanol–water partition coefficient (Wildman–Crippen LogP) is 2.43. The molecule has 1 aliphatic carbocycles. The number of pyridine rings is 1. The van der Waals surface area contributed by atoms with Crippen LogP contribution in [-0.2, 0) is 5.75 Å². The first kappa shape index (κ1) is 12.6. The van der Waals surface area contributed by atoms with Crippen molar-refractivity contribution in [1.82, 2.24) is 25.2 Å². The highest BCUT2D eigenvalue weighted by Gasteiger charge is 2.27. The van der Waals surface area contributed by atoms with Gasteiger partial charge in [0.15, 0.2) is 0 Å². The maximum absolute atomic E-state index is 6.05. The van der Waals surface area contributed by atoms with Crippen LogP contribution >= 0.6 is 11.8 Å². The molecule has 21 heavy (non-hydrogen) atoms. The first-order valence-electron chi connectivity index (χ1n) is 6.86.